The van der Waals surface area contributed by atoms with E-state index in [-0.39, 0.29) is 5.70 Å². The fraction of sp³-hybridized carbons (Fsp3) is 0.200. The van der Waals surface area contributed by atoms with E-state index in [0.717, 1.165) is 11.1 Å². The van der Waals surface area contributed by atoms with Crippen molar-refractivity contribution in [1.29, 1.82) is 0 Å². The molecule has 68 valence electrons. The summed E-state index contributed by atoms with van der Waals surface area (Å²) in [5, 5.41) is 10.5. The van der Waals surface area contributed by atoms with E-state index in [9.17, 15) is 10.1 Å². The van der Waals surface area contributed by atoms with Crippen LogP contribution in [0.4, 0.5) is 0 Å². The van der Waals surface area contributed by atoms with Crippen molar-refractivity contribution in [2.45, 2.75) is 13.8 Å². The zero-order valence-corrected chi connectivity index (χ0v) is 7.70. The molecule has 0 amide bonds. The van der Waals surface area contributed by atoms with E-state index in [4.69, 9.17) is 0 Å². The van der Waals surface area contributed by atoms with Crippen molar-refractivity contribution >= 4 is 5.70 Å². The lowest BCUT2D eigenvalue weighted by Gasteiger charge is -2.05. The highest BCUT2D eigenvalue weighted by Crippen LogP contribution is 2.21. The van der Waals surface area contributed by atoms with E-state index in [2.05, 4.69) is 6.58 Å². The highest BCUT2D eigenvalue weighted by Gasteiger charge is 2.15. The minimum absolute atomic E-state index is 0.0319. The summed E-state index contributed by atoms with van der Waals surface area (Å²) in [6.07, 6.45) is 0. The van der Waals surface area contributed by atoms with Crippen molar-refractivity contribution in [1.82, 2.24) is 0 Å². The van der Waals surface area contributed by atoms with Crippen LogP contribution in [0.5, 0.6) is 0 Å². The second kappa shape index (κ2) is 3.39. The van der Waals surface area contributed by atoms with Gasteiger partial charge in [-0.1, -0.05) is 18.2 Å². The first kappa shape index (κ1) is 9.45. The molecule has 3 nitrogen and oxygen atoms in total. The van der Waals surface area contributed by atoms with E-state index >= 15 is 0 Å². The molecule has 0 unspecified atom stereocenters. The molecule has 13 heavy (non-hydrogen) atoms. The number of hydrogen-bond donors (Lipinski definition) is 0. The summed E-state index contributed by atoms with van der Waals surface area (Å²) in [5.74, 6) is 0. The van der Waals surface area contributed by atoms with Crippen LogP contribution in [-0.4, -0.2) is 4.92 Å². The van der Waals surface area contributed by atoms with Gasteiger partial charge in [0.25, 0.3) is 5.70 Å². The molecule has 0 saturated heterocycles. The van der Waals surface area contributed by atoms with Gasteiger partial charge in [-0.05, 0) is 31.6 Å². The van der Waals surface area contributed by atoms with E-state index in [1.165, 1.54) is 0 Å². The molecule has 1 rings (SSSR count). The number of nitro groups is 1. The van der Waals surface area contributed by atoms with Gasteiger partial charge in [0.1, 0.15) is 0 Å². The third-order valence-electron chi connectivity index (χ3n) is 1.99. The first-order valence-electron chi connectivity index (χ1n) is 3.94. The smallest absolute Gasteiger partial charge is 0.258 e. The lowest BCUT2D eigenvalue weighted by molar-refractivity contribution is -0.375. The third-order valence-corrected chi connectivity index (χ3v) is 1.99. The molecule has 0 aliphatic carbocycles. The summed E-state index contributed by atoms with van der Waals surface area (Å²) in [7, 11) is 0. The molecule has 0 aliphatic rings. The molecule has 0 aromatic heterocycles. The van der Waals surface area contributed by atoms with Crippen LogP contribution in [0.25, 0.3) is 5.70 Å². The summed E-state index contributed by atoms with van der Waals surface area (Å²) in [6, 6.07) is 5.56. The number of hydrogen-bond acceptors (Lipinski definition) is 2. The summed E-state index contributed by atoms with van der Waals surface area (Å²) < 4.78 is 0. The van der Waals surface area contributed by atoms with E-state index in [1.54, 1.807) is 0 Å². The Labute approximate surface area is 76.9 Å². The van der Waals surface area contributed by atoms with Gasteiger partial charge in [-0.25, -0.2) is 0 Å². The second-order valence-electron chi connectivity index (χ2n) is 2.97. The van der Waals surface area contributed by atoms with Crippen LogP contribution in [0.15, 0.2) is 24.8 Å². The number of rotatable bonds is 2. The van der Waals surface area contributed by atoms with Crippen LogP contribution in [0.3, 0.4) is 0 Å². The van der Waals surface area contributed by atoms with E-state index in [0.29, 0.717) is 5.56 Å². The lowest BCUT2D eigenvalue weighted by atomic mass is 10.0. The van der Waals surface area contributed by atoms with Gasteiger partial charge >= 0.3 is 0 Å². The maximum Gasteiger partial charge on any atom is 0.270 e. The van der Waals surface area contributed by atoms with Crippen LogP contribution in [-0.2, 0) is 0 Å². The molecule has 0 heterocycles. The van der Waals surface area contributed by atoms with Crippen molar-refractivity contribution in [3.05, 3.63) is 51.6 Å². The number of aryl methyl sites for hydroxylation is 2. The average Bonchev–Trinajstić information content (AvgIpc) is 2.03. The molecular weight excluding hydrogens is 166 g/mol. The molecule has 0 aliphatic heterocycles. The van der Waals surface area contributed by atoms with Crippen LogP contribution in [0.2, 0.25) is 0 Å². The number of nitrogens with zero attached hydrogens (tertiary/aromatic N) is 1. The van der Waals surface area contributed by atoms with Crippen LogP contribution >= 0.6 is 0 Å². The summed E-state index contributed by atoms with van der Waals surface area (Å²) in [5.41, 5.74) is 2.39. The quantitative estimate of drug-likeness (QED) is 0.514. The SMILES string of the molecule is C=C(c1c(C)cccc1C)[N+](=O)[O-]. The highest BCUT2D eigenvalue weighted by molar-refractivity contribution is 5.62. The van der Waals surface area contributed by atoms with Crippen molar-refractivity contribution in [2.24, 2.45) is 0 Å². The maximum atomic E-state index is 10.5. The van der Waals surface area contributed by atoms with Crippen molar-refractivity contribution in [3.8, 4) is 0 Å². The summed E-state index contributed by atoms with van der Waals surface area (Å²) in [6.45, 7) is 7.14. The predicted octanol–water partition coefficient (Wildman–Crippen LogP) is 2.55. The van der Waals surface area contributed by atoms with Crippen molar-refractivity contribution in [2.75, 3.05) is 0 Å². The van der Waals surface area contributed by atoms with Crippen molar-refractivity contribution in [3.63, 3.8) is 0 Å². The Bertz CT molecular complexity index is 349. The zero-order chi connectivity index (χ0) is 10.0. The van der Waals surface area contributed by atoms with Gasteiger partial charge in [0, 0.05) is 0 Å². The Kier molecular flexibility index (Phi) is 2.46. The zero-order valence-electron chi connectivity index (χ0n) is 7.70. The Morgan fingerprint density at radius 1 is 1.38 bits per heavy atom. The summed E-state index contributed by atoms with van der Waals surface area (Å²) >= 11 is 0. The molecule has 0 atom stereocenters. The van der Waals surface area contributed by atoms with Gasteiger partial charge in [-0.2, -0.15) is 0 Å². The largest absolute Gasteiger partial charge is 0.270 e. The third kappa shape index (κ3) is 1.75. The van der Waals surface area contributed by atoms with Gasteiger partial charge in [0.15, 0.2) is 0 Å². The Morgan fingerprint density at radius 3 is 2.23 bits per heavy atom. The molecule has 1 aromatic rings. The fourth-order valence-corrected chi connectivity index (χ4v) is 1.36. The first-order chi connectivity index (χ1) is 6.04. The molecule has 1 aromatic carbocycles. The molecule has 0 radical (unpaired) electrons. The van der Waals surface area contributed by atoms with Gasteiger partial charge < -0.3 is 0 Å². The molecule has 0 bridgehead atoms. The van der Waals surface area contributed by atoms with E-state index in [1.807, 2.05) is 32.0 Å². The van der Waals surface area contributed by atoms with Crippen LogP contribution < -0.4 is 0 Å². The number of benzene rings is 1. The monoisotopic (exact) mass is 177 g/mol. The highest BCUT2D eigenvalue weighted by atomic mass is 16.6. The maximum absolute atomic E-state index is 10.5. The molecule has 0 spiro atoms. The molecule has 0 saturated carbocycles. The van der Waals surface area contributed by atoms with Gasteiger partial charge in [0.2, 0.25) is 0 Å². The van der Waals surface area contributed by atoms with Crippen molar-refractivity contribution < 1.29 is 4.92 Å². The Morgan fingerprint density at radius 2 is 1.85 bits per heavy atom. The van der Waals surface area contributed by atoms with Gasteiger partial charge in [-0.15, -0.1) is 0 Å². The Balaban J connectivity index is 3.28. The molecule has 3 heteroatoms. The normalized spacial score (nSPS) is 9.69. The average molecular weight is 177 g/mol. The van der Waals surface area contributed by atoms with Crippen LogP contribution in [0.1, 0.15) is 16.7 Å². The minimum Gasteiger partial charge on any atom is -0.258 e. The summed E-state index contributed by atoms with van der Waals surface area (Å²) in [4.78, 5) is 10.1. The van der Waals surface area contributed by atoms with E-state index < -0.39 is 4.92 Å². The molecular formula is C10H11NO2. The fourth-order valence-electron chi connectivity index (χ4n) is 1.36. The standard InChI is InChI=1S/C10H11NO2/c1-7-5-4-6-8(2)10(7)9(3)11(12)13/h4-6H,3H2,1-2H3. The molecule has 0 N–H and O–H groups in total. The Hall–Kier alpha value is -1.64. The van der Waals surface area contributed by atoms with Gasteiger partial charge in [0.05, 0.1) is 10.5 Å². The van der Waals surface area contributed by atoms with Crippen LogP contribution in [0, 0.1) is 24.0 Å². The topological polar surface area (TPSA) is 43.1 Å². The second-order valence-corrected chi connectivity index (χ2v) is 2.97. The lowest BCUT2D eigenvalue weighted by Crippen LogP contribution is -2.00. The minimum atomic E-state index is -0.449. The first-order valence-corrected chi connectivity index (χ1v) is 3.94. The predicted molar refractivity (Wildman–Crippen MR) is 51.9 cm³/mol. The molecule has 0 fully saturated rings. The van der Waals surface area contributed by atoms with Gasteiger partial charge in [-0.3, -0.25) is 10.1 Å².